The summed E-state index contributed by atoms with van der Waals surface area (Å²) in [6, 6.07) is 0. The van der Waals surface area contributed by atoms with Gasteiger partial charge < -0.3 is 14.7 Å². The van der Waals surface area contributed by atoms with Crippen LogP contribution in [0.4, 0.5) is 0 Å². The Morgan fingerprint density at radius 1 is 1.37 bits per heavy atom. The summed E-state index contributed by atoms with van der Waals surface area (Å²) in [4.78, 5) is 27.8. The van der Waals surface area contributed by atoms with Crippen LogP contribution in [0.15, 0.2) is 12.7 Å². The van der Waals surface area contributed by atoms with Crippen LogP contribution in [0.1, 0.15) is 12.8 Å². The van der Waals surface area contributed by atoms with Gasteiger partial charge in [0.2, 0.25) is 5.91 Å². The summed E-state index contributed by atoms with van der Waals surface area (Å²) in [7, 11) is 0. The van der Waals surface area contributed by atoms with E-state index in [1.54, 1.807) is 4.90 Å². The number of likely N-dealkylation sites (tertiary alicyclic amines) is 1. The Balaban J connectivity index is 1.73. The summed E-state index contributed by atoms with van der Waals surface area (Å²) in [6.45, 7) is 1.06. The lowest BCUT2D eigenvalue weighted by Crippen LogP contribution is -2.42. The average molecular weight is 268 g/mol. The molecule has 0 unspecified atom stereocenters. The molecule has 0 spiro atoms. The van der Waals surface area contributed by atoms with Gasteiger partial charge in [-0.2, -0.15) is 5.10 Å². The van der Waals surface area contributed by atoms with Crippen molar-refractivity contribution in [2.75, 3.05) is 19.7 Å². The minimum absolute atomic E-state index is 0.0119. The van der Waals surface area contributed by atoms with Gasteiger partial charge in [0, 0.05) is 13.1 Å². The predicted octanol–water partition coefficient (Wildman–Crippen LogP) is -0.630. The molecule has 0 bridgehead atoms. The molecule has 1 saturated heterocycles. The molecule has 1 N–H and O–H groups in total. The smallest absolute Gasteiger partial charge is 0.329 e. The highest BCUT2D eigenvalue weighted by Crippen LogP contribution is 2.14. The first-order valence-electron chi connectivity index (χ1n) is 6.08. The fourth-order valence-electron chi connectivity index (χ4n) is 2.01. The fraction of sp³-hybridized carbons (Fsp3) is 0.636. The monoisotopic (exact) mass is 268 g/mol. The van der Waals surface area contributed by atoms with Crippen molar-refractivity contribution in [3.63, 3.8) is 0 Å². The lowest BCUT2D eigenvalue weighted by molar-refractivity contribution is -0.147. The summed E-state index contributed by atoms with van der Waals surface area (Å²) in [6.07, 6.45) is 4.14. The number of amides is 1. The molecule has 0 aliphatic carbocycles. The Hall–Kier alpha value is -1.96. The zero-order chi connectivity index (χ0) is 13.7. The number of carboxylic acids is 1. The zero-order valence-corrected chi connectivity index (χ0v) is 10.4. The number of carbonyl (C=O) groups excluding carboxylic acids is 1. The van der Waals surface area contributed by atoms with Crippen molar-refractivity contribution in [3.05, 3.63) is 12.7 Å². The van der Waals surface area contributed by atoms with E-state index in [1.165, 1.54) is 17.3 Å². The lowest BCUT2D eigenvalue weighted by Gasteiger charge is -2.31. The van der Waals surface area contributed by atoms with Crippen LogP contribution in [-0.2, 0) is 20.9 Å². The molecule has 2 heterocycles. The van der Waals surface area contributed by atoms with Crippen molar-refractivity contribution < 1.29 is 19.4 Å². The van der Waals surface area contributed by atoms with E-state index >= 15 is 0 Å². The Labute approximate surface area is 110 Å². The topological polar surface area (TPSA) is 97.6 Å². The third-order valence-electron chi connectivity index (χ3n) is 3.00. The summed E-state index contributed by atoms with van der Waals surface area (Å²) >= 11 is 0. The highest BCUT2D eigenvalue weighted by atomic mass is 16.5. The molecule has 8 nitrogen and oxygen atoms in total. The zero-order valence-electron chi connectivity index (χ0n) is 10.4. The van der Waals surface area contributed by atoms with E-state index < -0.39 is 5.97 Å². The van der Waals surface area contributed by atoms with Gasteiger partial charge in [0.15, 0.2) is 0 Å². The number of piperidine rings is 1. The molecule has 104 valence electrons. The number of rotatable bonds is 5. The largest absolute Gasteiger partial charge is 0.480 e. The van der Waals surface area contributed by atoms with Crippen LogP contribution in [0.3, 0.4) is 0 Å². The normalized spacial score (nSPS) is 16.5. The maximum absolute atomic E-state index is 11.9. The van der Waals surface area contributed by atoms with Gasteiger partial charge in [0.05, 0.1) is 6.10 Å². The molecule has 0 atom stereocenters. The number of hydrogen-bond acceptors (Lipinski definition) is 5. The standard InChI is InChI=1S/C11H16N4O4/c16-10(5-15-8-12-7-13-15)14-3-1-9(2-4-14)19-6-11(17)18/h7-9H,1-6H2,(H,17,18). The molecular weight excluding hydrogens is 252 g/mol. The van der Waals surface area contributed by atoms with Crippen LogP contribution < -0.4 is 0 Å². The lowest BCUT2D eigenvalue weighted by atomic mass is 10.1. The van der Waals surface area contributed by atoms with E-state index in [0.717, 1.165) is 0 Å². The Kier molecular flexibility index (Phi) is 4.45. The van der Waals surface area contributed by atoms with E-state index in [0.29, 0.717) is 25.9 Å². The van der Waals surface area contributed by atoms with Crippen molar-refractivity contribution in [2.45, 2.75) is 25.5 Å². The number of ether oxygens (including phenoxy) is 1. The highest BCUT2D eigenvalue weighted by molar-refractivity contribution is 5.75. The van der Waals surface area contributed by atoms with E-state index in [2.05, 4.69) is 10.1 Å². The quantitative estimate of drug-likeness (QED) is 0.763. The second-order valence-corrected chi connectivity index (χ2v) is 4.38. The van der Waals surface area contributed by atoms with Crippen LogP contribution in [0.25, 0.3) is 0 Å². The second kappa shape index (κ2) is 6.28. The van der Waals surface area contributed by atoms with Crippen molar-refractivity contribution in [1.82, 2.24) is 19.7 Å². The highest BCUT2D eigenvalue weighted by Gasteiger charge is 2.23. The van der Waals surface area contributed by atoms with E-state index in [-0.39, 0.29) is 25.2 Å². The van der Waals surface area contributed by atoms with Crippen LogP contribution in [0.5, 0.6) is 0 Å². The molecule has 1 aromatic rings. The van der Waals surface area contributed by atoms with Gasteiger partial charge in [-0.15, -0.1) is 0 Å². The van der Waals surface area contributed by atoms with Gasteiger partial charge in [0.25, 0.3) is 0 Å². The number of nitrogens with zero attached hydrogens (tertiary/aromatic N) is 4. The second-order valence-electron chi connectivity index (χ2n) is 4.38. The summed E-state index contributed by atoms with van der Waals surface area (Å²) in [5, 5.41) is 12.4. The first-order valence-corrected chi connectivity index (χ1v) is 6.08. The fourth-order valence-corrected chi connectivity index (χ4v) is 2.01. The van der Waals surface area contributed by atoms with Crippen LogP contribution in [0, 0.1) is 0 Å². The molecule has 1 amide bonds. The third-order valence-corrected chi connectivity index (χ3v) is 3.00. The number of carboxylic acid groups (broad SMARTS) is 1. The third kappa shape index (κ3) is 4.02. The molecule has 1 aliphatic heterocycles. The molecule has 1 aliphatic rings. The van der Waals surface area contributed by atoms with Crippen LogP contribution in [0.2, 0.25) is 0 Å². The summed E-state index contributed by atoms with van der Waals surface area (Å²) in [5.41, 5.74) is 0. The van der Waals surface area contributed by atoms with E-state index in [9.17, 15) is 9.59 Å². The Morgan fingerprint density at radius 2 is 2.11 bits per heavy atom. The summed E-state index contributed by atoms with van der Waals surface area (Å²) in [5.74, 6) is -0.980. The van der Waals surface area contributed by atoms with Crippen molar-refractivity contribution >= 4 is 11.9 Å². The van der Waals surface area contributed by atoms with Gasteiger partial charge in [-0.3, -0.25) is 4.79 Å². The van der Waals surface area contributed by atoms with Gasteiger partial charge in [-0.1, -0.05) is 0 Å². The molecule has 2 rings (SSSR count). The maximum atomic E-state index is 11.9. The minimum atomic E-state index is -0.968. The number of carbonyl (C=O) groups is 2. The molecule has 1 fully saturated rings. The molecule has 1 aromatic heterocycles. The first-order chi connectivity index (χ1) is 9.15. The van der Waals surface area contributed by atoms with Gasteiger partial charge in [-0.25, -0.2) is 14.5 Å². The molecule has 8 heteroatoms. The van der Waals surface area contributed by atoms with E-state index in [1.807, 2.05) is 0 Å². The number of aromatic nitrogens is 3. The van der Waals surface area contributed by atoms with Crippen LogP contribution >= 0.6 is 0 Å². The molecule has 0 radical (unpaired) electrons. The molecule has 19 heavy (non-hydrogen) atoms. The number of aliphatic carboxylic acids is 1. The van der Waals surface area contributed by atoms with Gasteiger partial charge in [-0.05, 0) is 12.8 Å². The number of hydrogen-bond donors (Lipinski definition) is 1. The van der Waals surface area contributed by atoms with Crippen molar-refractivity contribution in [3.8, 4) is 0 Å². The first kappa shape index (κ1) is 13.5. The molecule has 0 aromatic carbocycles. The SMILES string of the molecule is O=C(O)COC1CCN(C(=O)Cn2cncn2)CC1. The van der Waals surface area contributed by atoms with Gasteiger partial charge >= 0.3 is 5.97 Å². The van der Waals surface area contributed by atoms with E-state index in [4.69, 9.17) is 9.84 Å². The van der Waals surface area contributed by atoms with Gasteiger partial charge in [0.1, 0.15) is 25.8 Å². The Morgan fingerprint density at radius 3 is 2.68 bits per heavy atom. The Bertz CT molecular complexity index is 426. The van der Waals surface area contributed by atoms with Crippen molar-refractivity contribution in [2.24, 2.45) is 0 Å². The molecule has 0 saturated carbocycles. The molecular formula is C11H16N4O4. The minimum Gasteiger partial charge on any atom is -0.480 e. The predicted molar refractivity (Wildman–Crippen MR) is 63.2 cm³/mol. The van der Waals surface area contributed by atoms with Crippen LogP contribution in [-0.4, -0.2) is 62.4 Å². The maximum Gasteiger partial charge on any atom is 0.329 e. The van der Waals surface area contributed by atoms with Crippen molar-refractivity contribution in [1.29, 1.82) is 0 Å². The average Bonchev–Trinajstić information content (AvgIpc) is 2.89. The summed E-state index contributed by atoms with van der Waals surface area (Å²) < 4.78 is 6.69.